The van der Waals surface area contributed by atoms with Gasteiger partial charge < -0.3 is 11.1 Å². The average molecular weight is 288 g/mol. The van der Waals surface area contributed by atoms with Crippen LogP contribution in [0, 0.1) is 6.92 Å². The molecule has 0 saturated carbocycles. The second kappa shape index (κ2) is 5.97. The number of rotatable bonds is 4. The maximum Gasteiger partial charge on any atom is 0.295 e. The zero-order valence-electron chi connectivity index (χ0n) is 12.5. The van der Waals surface area contributed by atoms with Crippen molar-refractivity contribution < 1.29 is 4.79 Å². The van der Waals surface area contributed by atoms with Gasteiger partial charge in [0, 0.05) is 19.5 Å². The van der Waals surface area contributed by atoms with E-state index in [0.717, 1.165) is 5.69 Å². The summed E-state index contributed by atoms with van der Waals surface area (Å²) in [7, 11) is 1.78. The van der Waals surface area contributed by atoms with Crippen molar-refractivity contribution in [3.8, 4) is 5.69 Å². The lowest BCUT2D eigenvalue weighted by atomic mass is 10.2. The molecule has 1 aromatic carbocycles. The Morgan fingerprint density at radius 3 is 2.52 bits per heavy atom. The van der Waals surface area contributed by atoms with Gasteiger partial charge >= 0.3 is 0 Å². The number of amides is 1. The van der Waals surface area contributed by atoms with Gasteiger partial charge in [-0.05, 0) is 26.0 Å². The van der Waals surface area contributed by atoms with Crippen molar-refractivity contribution in [3.63, 3.8) is 0 Å². The predicted molar refractivity (Wildman–Crippen MR) is 82.6 cm³/mol. The van der Waals surface area contributed by atoms with E-state index in [9.17, 15) is 9.59 Å². The molecule has 0 aliphatic heterocycles. The molecule has 1 aromatic heterocycles. The molecule has 0 fully saturated rings. The number of carbonyl (C=O) groups is 1. The van der Waals surface area contributed by atoms with Gasteiger partial charge in [0.1, 0.15) is 5.69 Å². The van der Waals surface area contributed by atoms with Crippen LogP contribution >= 0.6 is 0 Å². The van der Waals surface area contributed by atoms with Gasteiger partial charge in [-0.25, -0.2) is 4.68 Å². The van der Waals surface area contributed by atoms with Crippen molar-refractivity contribution in [2.45, 2.75) is 26.3 Å². The predicted octanol–water partition coefficient (Wildman–Crippen LogP) is 1.16. The summed E-state index contributed by atoms with van der Waals surface area (Å²) in [5, 5.41) is 2.67. The average Bonchev–Trinajstić information content (AvgIpc) is 2.63. The highest BCUT2D eigenvalue weighted by Crippen LogP contribution is 2.14. The molecule has 0 saturated heterocycles. The Bertz CT molecular complexity index is 698. The van der Waals surface area contributed by atoms with Gasteiger partial charge in [0.05, 0.1) is 11.4 Å². The number of hydrogen-bond donors (Lipinski definition) is 2. The van der Waals surface area contributed by atoms with Crippen LogP contribution in [0.1, 0.15) is 19.0 Å². The molecular weight excluding hydrogens is 268 g/mol. The van der Waals surface area contributed by atoms with Gasteiger partial charge in [-0.2, -0.15) is 0 Å². The third-order valence-electron chi connectivity index (χ3n) is 3.33. The number of nitrogens with two attached hydrogens (primary N) is 1. The third-order valence-corrected chi connectivity index (χ3v) is 3.33. The zero-order chi connectivity index (χ0) is 15.6. The van der Waals surface area contributed by atoms with Gasteiger partial charge in [-0.15, -0.1) is 0 Å². The second-order valence-corrected chi connectivity index (χ2v) is 5.17. The molecule has 21 heavy (non-hydrogen) atoms. The van der Waals surface area contributed by atoms with E-state index in [2.05, 4.69) is 5.32 Å². The molecule has 6 heteroatoms. The van der Waals surface area contributed by atoms with Crippen LogP contribution in [0.2, 0.25) is 0 Å². The van der Waals surface area contributed by atoms with Crippen LogP contribution in [0.25, 0.3) is 5.69 Å². The first-order valence-corrected chi connectivity index (χ1v) is 6.81. The van der Waals surface area contributed by atoms with Gasteiger partial charge in [-0.1, -0.05) is 18.2 Å². The van der Waals surface area contributed by atoms with Crippen LogP contribution < -0.4 is 16.6 Å². The summed E-state index contributed by atoms with van der Waals surface area (Å²) in [6, 6.07) is 9.04. The zero-order valence-corrected chi connectivity index (χ0v) is 12.5. The number of benzene rings is 1. The van der Waals surface area contributed by atoms with Crippen LogP contribution in [0.3, 0.4) is 0 Å². The molecule has 3 N–H and O–H groups in total. The fourth-order valence-corrected chi connectivity index (χ4v) is 2.20. The van der Waals surface area contributed by atoms with Crippen LogP contribution in [0.15, 0.2) is 35.1 Å². The summed E-state index contributed by atoms with van der Waals surface area (Å²) in [5.74, 6) is -0.254. The summed E-state index contributed by atoms with van der Waals surface area (Å²) in [6.07, 6.45) is 0.180. The number of carbonyl (C=O) groups excluding carboxylic acids is 1. The molecule has 0 radical (unpaired) electrons. The molecule has 0 bridgehead atoms. The lowest BCUT2D eigenvalue weighted by Gasteiger charge is -2.07. The van der Waals surface area contributed by atoms with Crippen molar-refractivity contribution in [3.05, 3.63) is 46.4 Å². The van der Waals surface area contributed by atoms with Crippen molar-refractivity contribution >= 4 is 11.6 Å². The monoisotopic (exact) mass is 288 g/mol. The topological polar surface area (TPSA) is 82.1 Å². The van der Waals surface area contributed by atoms with E-state index in [0.29, 0.717) is 11.4 Å². The molecular formula is C15H20N4O2. The summed E-state index contributed by atoms with van der Waals surface area (Å²) in [4.78, 5) is 24.4. The summed E-state index contributed by atoms with van der Waals surface area (Å²) < 4.78 is 3.25. The van der Waals surface area contributed by atoms with Crippen molar-refractivity contribution in [1.29, 1.82) is 0 Å². The Labute approximate surface area is 123 Å². The highest BCUT2D eigenvalue weighted by Gasteiger charge is 2.18. The number of para-hydroxylation sites is 1. The molecule has 1 unspecified atom stereocenters. The Morgan fingerprint density at radius 2 is 1.95 bits per heavy atom. The SMILES string of the molecule is Cc1c(NC(=O)CC(C)N)c(=O)n(-c2ccccc2)n1C. The molecule has 1 amide bonds. The van der Waals surface area contributed by atoms with Gasteiger partial charge in [0.25, 0.3) is 5.56 Å². The molecule has 0 aliphatic carbocycles. The second-order valence-electron chi connectivity index (χ2n) is 5.17. The van der Waals surface area contributed by atoms with Crippen LogP contribution in [-0.4, -0.2) is 21.3 Å². The fraction of sp³-hybridized carbons (Fsp3) is 0.333. The summed E-state index contributed by atoms with van der Waals surface area (Å²) >= 11 is 0. The fourth-order valence-electron chi connectivity index (χ4n) is 2.20. The number of nitrogens with one attached hydrogen (secondary N) is 1. The maximum atomic E-state index is 12.5. The van der Waals surface area contributed by atoms with Gasteiger partial charge in [-0.3, -0.25) is 14.3 Å². The van der Waals surface area contributed by atoms with E-state index in [-0.39, 0.29) is 23.9 Å². The molecule has 2 rings (SSSR count). The Morgan fingerprint density at radius 1 is 1.33 bits per heavy atom. The molecule has 0 aliphatic rings. The Balaban J connectivity index is 2.42. The lowest BCUT2D eigenvalue weighted by molar-refractivity contribution is -0.116. The van der Waals surface area contributed by atoms with Crippen LogP contribution in [-0.2, 0) is 11.8 Å². The molecule has 6 nitrogen and oxygen atoms in total. The minimum atomic E-state index is -0.254. The summed E-state index contributed by atoms with van der Waals surface area (Å²) in [6.45, 7) is 3.54. The van der Waals surface area contributed by atoms with E-state index in [1.165, 1.54) is 4.68 Å². The van der Waals surface area contributed by atoms with E-state index in [1.807, 2.05) is 30.3 Å². The maximum absolute atomic E-state index is 12.5. The van der Waals surface area contributed by atoms with Gasteiger partial charge in [0.15, 0.2) is 0 Å². The number of anilines is 1. The van der Waals surface area contributed by atoms with E-state index in [1.54, 1.807) is 25.6 Å². The van der Waals surface area contributed by atoms with Crippen LogP contribution in [0.5, 0.6) is 0 Å². The largest absolute Gasteiger partial charge is 0.327 e. The minimum Gasteiger partial charge on any atom is -0.327 e. The normalized spacial score (nSPS) is 12.2. The quantitative estimate of drug-likeness (QED) is 0.885. The number of nitrogens with zero attached hydrogens (tertiary/aromatic N) is 2. The van der Waals surface area contributed by atoms with E-state index in [4.69, 9.17) is 5.73 Å². The molecule has 1 heterocycles. The van der Waals surface area contributed by atoms with Crippen molar-refractivity contribution in [2.75, 3.05) is 5.32 Å². The number of aromatic nitrogens is 2. The first kappa shape index (κ1) is 15.1. The minimum absolute atomic E-state index is 0.180. The Hall–Kier alpha value is -2.34. The van der Waals surface area contributed by atoms with E-state index < -0.39 is 0 Å². The first-order chi connectivity index (χ1) is 9.91. The smallest absolute Gasteiger partial charge is 0.295 e. The Kier molecular flexibility index (Phi) is 4.28. The standard InChI is InChI=1S/C15H20N4O2/c1-10(16)9-13(20)17-14-11(2)18(3)19(15(14)21)12-7-5-4-6-8-12/h4-8,10H,9,16H2,1-3H3,(H,17,20). The highest BCUT2D eigenvalue weighted by molar-refractivity contribution is 5.91. The first-order valence-electron chi connectivity index (χ1n) is 6.81. The van der Waals surface area contributed by atoms with Crippen molar-refractivity contribution in [2.24, 2.45) is 12.8 Å². The lowest BCUT2D eigenvalue weighted by Crippen LogP contribution is -2.27. The van der Waals surface area contributed by atoms with Crippen LogP contribution in [0.4, 0.5) is 5.69 Å². The molecule has 2 aromatic rings. The summed E-state index contributed by atoms with van der Waals surface area (Å²) in [5.41, 5.74) is 7.09. The van der Waals surface area contributed by atoms with Gasteiger partial charge in [0.2, 0.25) is 5.91 Å². The molecule has 1 atom stereocenters. The molecule has 112 valence electrons. The molecule has 0 spiro atoms. The highest BCUT2D eigenvalue weighted by atomic mass is 16.2. The van der Waals surface area contributed by atoms with E-state index >= 15 is 0 Å². The third kappa shape index (κ3) is 3.05. The van der Waals surface area contributed by atoms with Crippen molar-refractivity contribution in [1.82, 2.24) is 9.36 Å². The number of hydrogen-bond acceptors (Lipinski definition) is 3.